The summed E-state index contributed by atoms with van der Waals surface area (Å²) in [6.45, 7) is 8.35. The van der Waals surface area contributed by atoms with Crippen molar-refractivity contribution in [2.24, 2.45) is 0 Å². The summed E-state index contributed by atoms with van der Waals surface area (Å²) in [6.07, 6.45) is 5.32. The van der Waals surface area contributed by atoms with Crippen LogP contribution in [0.15, 0.2) is 122 Å². The molecule has 0 radical (unpaired) electrons. The van der Waals surface area contributed by atoms with Gasteiger partial charge in [0.25, 0.3) is 0 Å². The van der Waals surface area contributed by atoms with E-state index in [1.54, 1.807) is 0 Å². The van der Waals surface area contributed by atoms with Gasteiger partial charge < -0.3 is 0 Å². The number of hydrogen-bond acceptors (Lipinski definition) is 8. The van der Waals surface area contributed by atoms with Crippen molar-refractivity contribution in [3.05, 3.63) is 179 Å². The lowest BCUT2D eigenvalue weighted by Gasteiger charge is -2.22. The Morgan fingerprint density at radius 1 is 0.354 bits per heavy atom. The van der Waals surface area contributed by atoms with Crippen molar-refractivity contribution in [1.82, 2.24) is 39.7 Å². The van der Waals surface area contributed by atoms with Crippen LogP contribution in [0.25, 0.3) is 0 Å². The molecule has 0 spiro atoms. The minimum Gasteiger partial charge on any atom is -0.286 e. The molecule has 0 saturated heterocycles. The number of aryl methyl sites for hydroxylation is 4. The largest absolute Gasteiger partial charge is 0.286 e. The maximum absolute atomic E-state index is 5.07. The third-order valence-corrected chi connectivity index (χ3v) is 8.02. The average molecular weight is 635 g/mol. The summed E-state index contributed by atoms with van der Waals surface area (Å²) >= 11 is 0. The van der Waals surface area contributed by atoms with Crippen LogP contribution in [-0.2, 0) is 52.1 Å². The van der Waals surface area contributed by atoms with Crippen molar-refractivity contribution in [3.8, 4) is 0 Å². The van der Waals surface area contributed by atoms with E-state index in [0.717, 1.165) is 96.0 Å². The van der Waals surface area contributed by atoms with Gasteiger partial charge in [-0.25, -0.2) is 0 Å². The quantitative estimate of drug-likeness (QED) is 0.121. The van der Waals surface area contributed by atoms with Gasteiger partial charge in [0.1, 0.15) is 0 Å². The summed E-state index contributed by atoms with van der Waals surface area (Å²) in [5.41, 5.74) is 10.4. The number of nitrogens with zero attached hydrogens (tertiary/aromatic N) is 8. The van der Waals surface area contributed by atoms with Gasteiger partial charge in [-0.3, -0.25) is 39.7 Å². The van der Waals surface area contributed by atoms with E-state index in [2.05, 4.69) is 92.6 Å². The topological polar surface area (TPSA) is 83.8 Å². The number of aromatic nitrogens is 6. The molecule has 0 aliphatic rings. The van der Waals surface area contributed by atoms with Gasteiger partial charge in [-0.15, -0.1) is 0 Å². The van der Waals surface area contributed by atoms with Gasteiger partial charge in [0.2, 0.25) is 0 Å². The molecule has 0 N–H and O–H groups in total. The van der Waals surface area contributed by atoms with Crippen LogP contribution in [0.2, 0.25) is 0 Å². The molecule has 0 amide bonds. The zero-order chi connectivity index (χ0) is 33.0. The van der Waals surface area contributed by atoms with Crippen molar-refractivity contribution in [1.29, 1.82) is 0 Å². The molecule has 0 atom stereocenters. The molecule has 0 aromatic carbocycles. The molecule has 0 bridgehead atoms. The zero-order valence-corrected chi connectivity index (χ0v) is 27.8. The number of hydrogen-bond donors (Lipinski definition) is 0. The Balaban J connectivity index is 1.11. The molecule has 0 saturated carbocycles. The minimum atomic E-state index is 0.704. The Bertz CT molecular complexity index is 1740. The Labute approximate surface area is 283 Å². The molecule has 0 aliphatic heterocycles. The van der Waals surface area contributed by atoms with Crippen molar-refractivity contribution in [3.63, 3.8) is 0 Å². The van der Waals surface area contributed by atoms with E-state index in [1.165, 1.54) is 0 Å². The van der Waals surface area contributed by atoms with Crippen molar-refractivity contribution < 1.29 is 0 Å². The van der Waals surface area contributed by atoms with Crippen LogP contribution in [0.3, 0.4) is 0 Å². The normalized spacial score (nSPS) is 11.3. The molecule has 6 rings (SSSR count). The molecule has 6 heterocycles. The fourth-order valence-electron chi connectivity index (χ4n) is 5.84. The van der Waals surface area contributed by atoms with E-state index < -0.39 is 0 Å². The summed E-state index contributed by atoms with van der Waals surface area (Å²) in [6, 6.07) is 37.1. The van der Waals surface area contributed by atoms with Crippen LogP contribution in [0.1, 0.15) is 56.9 Å². The molecule has 8 heteroatoms. The smallest absolute Gasteiger partial charge is 0.0547 e. The maximum atomic E-state index is 5.07. The van der Waals surface area contributed by atoms with E-state index in [0.29, 0.717) is 13.1 Å². The fraction of sp³-hybridized carbons (Fsp3) is 0.250. The first-order valence-corrected chi connectivity index (χ1v) is 16.5. The molecular weight excluding hydrogens is 592 g/mol. The second-order valence-electron chi connectivity index (χ2n) is 12.2. The molecule has 0 aliphatic carbocycles. The Hall–Kier alpha value is -5.18. The third kappa shape index (κ3) is 10.2. The summed E-state index contributed by atoms with van der Waals surface area (Å²) in [4.78, 5) is 33.5. The first-order chi connectivity index (χ1) is 23.5. The van der Waals surface area contributed by atoms with Crippen LogP contribution in [0.4, 0.5) is 0 Å². The van der Waals surface area contributed by atoms with Gasteiger partial charge in [0.15, 0.2) is 0 Å². The van der Waals surface area contributed by atoms with Crippen molar-refractivity contribution >= 4 is 0 Å². The highest BCUT2D eigenvalue weighted by atomic mass is 15.2. The van der Waals surface area contributed by atoms with Crippen LogP contribution in [0.5, 0.6) is 0 Å². The lowest BCUT2D eigenvalue weighted by Crippen LogP contribution is -2.24. The van der Waals surface area contributed by atoms with Crippen LogP contribution >= 0.6 is 0 Å². The Kier molecular flexibility index (Phi) is 11.3. The molecule has 0 unspecified atom stereocenters. The Morgan fingerprint density at radius 2 is 0.688 bits per heavy atom. The number of pyridine rings is 6. The van der Waals surface area contributed by atoms with E-state index in [9.17, 15) is 0 Å². The first-order valence-electron chi connectivity index (χ1n) is 16.5. The van der Waals surface area contributed by atoms with Crippen LogP contribution in [0, 0.1) is 13.8 Å². The summed E-state index contributed by atoms with van der Waals surface area (Å²) in [5.74, 6) is 0. The second-order valence-corrected chi connectivity index (χ2v) is 12.2. The lowest BCUT2D eigenvalue weighted by molar-refractivity contribution is 0.238. The number of rotatable bonds is 15. The molecule has 6 aromatic rings. The Morgan fingerprint density at radius 3 is 1.06 bits per heavy atom. The SMILES string of the molecule is Cc1cccc(CN(Cc2ccccn2)Cc2cccc(CCc3cccc(CN(Cc4ccccn4)Cc4cccc(C)n4)n3)n2)n1. The van der Waals surface area contributed by atoms with Gasteiger partial charge in [-0.05, 0) is 99.5 Å². The van der Waals surface area contributed by atoms with Gasteiger partial charge in [-0.1, -0.05) is 36.4 Å². The summed E-state index contributed by atoms with van der Waals surface area (Å²) in [5, 5.41) is 0. The van der Waals surface area contributed by atoms with Crippen LogP contribution < -0.4 is 0 Å². The molecule has 48 heavy (non-hydrogen) atoms. The van der Waals surface area contributed by atoms with Gasteiger partial charge in [0, 0.05) is 74.4 Å². The van der Waals surface area contributed by atoms with Gasteiger partial charge >= 0.3 is 0 Å². The van der Waals surface area contributed by atoms with Crippen LogP contribution in [-0.4, -0.2) is 39.7 Å². The zero-order valence-electron chi connectivity index (χ0n) is 27.8. The molecule has 242 valence electrons. The highest BCUT2D eigenvalue weighted by Gasteiger charge is 2.14. The maximum Gasteiger partial charge on any atom is 0.0547 e. The highest BCUT2D eigenvalue weighted by Crippen LogP contribution is 2.15. The monoisotopic (exact) mass is 634 g/mol. The van der Waals surface area contributed by atoms with E-state index in [1.807, 2.05) is 62.6 Å². The summed E-state index contributed by atoms with van der Waals surface area (Å²) in [7, 11) is 0. The molecule has 6 aromatic heterocycles. The van der Waals surface area contributed by atoms with E-state index in [-0.39, 0.29) is 0 Å². The van der Waals surface area contributed by atoms with Gasteiger partial charge in [-0.2, -0.15) is 0 Å². The fourth-order valence-corrected chi connectivity index (χ4v) is 5.84. The molecular formula is C40H42N8. The minimum absolute atomic E-state index is 0.704. The second kappa shape index (κ2) is 16.6. The highest BCUT2D eigenvalue weighted by molar-refractivity contribution is 5.18. The van der Waals surface area contributed by atoms with E-state index >= 15 is 0 Å². The predicted molar refractivity (Wildman–Crippen MR) is 188 cm³/mol. The predicted octanol–water partition coefficient (Wildman–Crippen LogP) is 6.86. The standard InChI is InChI=1S/C40H42N8/c1-31-11-7-17-37(43-31)27-47(25-35-13-3-5-23-41-35)29-39-19-9-15-33(45-39)21-22-34-16-10-20-40(46-34)30-48(26-36-14-4-6-24-42-36)28-38-18-8-12-32(2)44-38/h3-20,23-24H,21-22,25-30H2,1-2H3. The average Bonchev–Trinajstić information content (AvgIpc) is 3.09. The molecule has 0 fully saturated rings. The van der Waals surface area contributed by atoms with Crippen molar-refractivity contribution in [2.45, 2.75) is 66.0 Å². The first kappa shape index (κ1) is 32.7. The van der Waals surface area contributed by atoms with Gasteiger partial charge in [0.05, 0.1) is 34.2 Å². The summed E-state index contributed by atoms with van der Waals surface area (Å²) < 4.78 is 0. The van der Waals surface area contributed by atoms with Crippen molar-refractivity contribution in [2.75, 3.05) is 0 Å². The lowest BCUT2D eigenvalue weighted by atomic mass is 10.1. The molecule has 8 nitrogen and oxygen atoms in total. The third-order valence-electron chi connectivity index (χ3n) is 8.02. The van der Waals surface area contributed by atoms with E-state index in [4.69, 9.17) is 19.9 Å².